The van der Waals surface area contributed by atoms with Crippen LogP contribution in [-0.2, 0) is 0 Å². The first-order chi connectivity index (χ1) is 13.8. The molecule has 3 rings (SSSR count). The van der Waals surface area contributed by atoms with Crippen LogP contribution in [0.1, 0.15) is 64.0 Å². The SMILES string of the molecule is CCC1CC(C/C(N)=C/C=C(\N)c2ccc(N3CCC=N3)cc2C)CC(C)(C)N1. The van der Waals surface area contributed by atoms with Crippen LogP contribution in [0.5, 0.6) is 0 Å². The van der Waals surface area contributed by atoms with Crippen molar-refractivity contribution in [3.63, 3.8) is 0 Å². The zero-order chi connectivity index (χ0) is 21.0. The van der Waals surface area contributed by atoms with Gasteiger partial charge in [0.05, 0.1) is 5.69 Å². The Kier molecular flexibility index (Phi) is 6.68. The van der Waals surface area contributed by atoms with E-state index in [2.05, 4.69) is 56.3 Å². The second-order valence-electron chi connectivity index (χ2n) is 9.22. The molecule has 5 nitrogen and oxygen atoms in total. The number of nitrogens with one attached hydrogen (secondary N) is 1. The molecule has 2 atom stereocenters. The smallest absolute Gasteiger partial charge is 0.0596 e. The predicted molar refractivity (Wildman–Crippen MR) is 125 cm³/mol. The maximum Gasteiger partial charge on any atom is 0.0596 e. The molecule has 29 heavy (non-hydrogen) atoms. The van der Waals surface area contributed by atoms with Gasteiger partial charge in [-0.15, -0.1) is 0 Å². The summed E-state index contributed by atoms with van der Waals surface area (Å²) in [4.78, 5) is 0. The largest absolute Gasteiger partial charge is 0.402 e. The molecule has 2 aliphatic rings. The highest BCUT2D eigenvalue weighted by atomic mass is 15.5. The van der Waals surface area contributed by atoms with Gasteiger partial charge in [0.15, 0.2) is 0 Å². The average Bonchev–Trinajstić information content (AvgIpc) is 3.19. The Labute approximate surface area is 175 Å². The first-order valence-corrected chi connectivity index (χ1v) is 10.9. The van der Waals surface area contributed by atoms with Gasteiger partial charge in [-0.05, 0) is 82.2 Å². The van der Waals surface area contributed by atoms with Crippen LogP contribution in [0.3, 0.4) is 0 Å². The Morgan fingerprint density at radius 2 is 2.10 bits per heavy atom. The molecular weight excluding hydrogens is 358 g/mol. The maximum absolute atomic E-state index is 6.38. The van der Waals surface area contributed by atoms with Crippen molar-refractivity contribution in [3.05, 3.63) is 47.2 Å². The molecule has 2 unspecified atom stereocenters. The molecule has 1 fully saturated rings. The summed E-state index contributed by atoms with van der Waals surface area (Å²) in [5, 5.41) is 10.2. The van der Waals surface area contributed by atoms with Gasteiger partial charge in [-0.2, -0.15) is 5.10 Å². The summed E-state index contributed by atoms with van der Waals surface area (Å²) in [5.74, 6) is 0.615. The van der Waals surface area contributed by atoms with Crippen LogP contribution in [0.15, 0.2) is 41.1 Å². The zero-order valence-electron chi connectivity index (χ0n) is 18.4. The Morgan fingerprint density at radius 1 is 1.31 bits per heavy atom. The Morgan fingerprint density at radius 3 is 2.76 bits per heavy atom. The lowest BCUT2D eigenvalue weighted by Gasteiger charge is -2.41. The van der Waals surface area contributed by atoms with E-state index in [9.17, 15) is 0 Å². The van der Waals surface area contributed by atoms with Crippen LogP contribution in [0.2, 0.25) is 0 Å². The van der Waals surface area contributed by atoms with E-state index in [4.69, 9.17) is 11.5 Å². The van der Waals surface area contributed by atoms with Crippen LogP contribution in [0.4, 0.5) is 5.69 Å². The summed E-state index contributed by atoms with van der Waals surface area (Å²) in [6, 6.07) is 6.89. The quantitative estimate of drug-likeness (QED) is 0.628. The van der Waals surface area contributed by atoms with E-state index in [1.165, 1.54) is 6.42 Å². The molecule has 1 saturated heterocycles. The number of rotatable bonds is 6. The number of hydrogen-bond acceptors (Lipinski definition) is 5. The van der Waals surface area contributed by atoms with Crippen LogP contribution in [0, 0.1) is 12.8 Å². The lowest BCUT2D eigenvalue weighted by atomic mass is 9.78. The van der Waals surface area contributed by atoms with Gasteiger partial charge in [-0.3, -0.25) is 5.01 Å². The molecule has 0 spiro atoms. The minimum atomic E-state index is 0.178. The third kappa shape index (κ3) is 5.63. The molecule has 1 aromatic carbocycles. The van der Waals surface area contributed by atoms with E-state index in [0.717, 1.165) is 60.4 Å². The lowest BCUT2D eigenvalue weighted by Crippen LogP contribution is -2.52. The topological polar surface area (TPSA) is 79.7 Å². The van der Waals surface area contributed by atoms with Gasteiger partial charge in [0.2, 0.25) is 0 Å². The van der Waals surface area contributed by atoms with Gasteiger partial charge in [0.1, 0.15) is 0 Å². The molecule has 5 N–H and O–H groups in total. The average molecular weight is 396 g/mol. The first kappa shape index (κ1) is 21.4. The van der Waals surface area contributed by atoms with Crippen LogP contribution < -0.4 is 21.8 Å². The highest BCUT2D eigenvalue weighted by molar-refractivity contribution is 5.71. The summed E-state index contributed by atoms with van der Waals surface area (Å²) in [5.41, 5.74) is 17.9. The predicted octanol–water partition coefficient (Wildman–Crippen LogP) is 4.28. The molecule has 0 radical (unpaired) electrons. The van der Waals surface area contributed by atoms with Gasteiger partial charge >= 0.3 is 0 Å². The highest BCUT2D eigenvalue weighted by Crippen LogP contribution is 2.32. The first-order valence-electron chi connectivity index (χ1n) is 10.9. The molecule has 158 valence electrons. The molecule has 2 heterocycles. The van der Waals surface area contributed by atoms with E-state index < -0.39 is 0 Å². The Balaban J connectivity index is 1.66. The highest BCUT2D eigenvalue weighted by Gasteiger charge is 2.32. The minimum absolute atomic E-state index is 0.178. The number of allylic oxidation sites excluding steroid dienone is 3. The second-order valence-corrected chi connectivity index (χ2v) is 9.22. The van der Waals surface area contributed by atoms with Gasteiger partial charge in [0, 0.05) is 47.7 Å². The van der Waals surface area contributed by atoms with Crippen molar-refractivity contribution in [2.45, 2.75) is 71.4 Å². The summed E-state index contributed by atoms with van der Waals surface area (Å²) in [6.07, 6.45) is 11.3. The van der Waals surface area contributed by atoms with E-state index in [-0.39, 0.29) is 5.54 Å². The van der Waals surface area contributed by atoms with Gasteiger partial charge in [-0.1, -0.05) is 13.0 Å². The fourth-order valence-electron chi connectivity index (χ4n) is 4.71. The van der Waals surface area contributed by atoms with E-state index in [1.807, 2.05) is 23.4 Å². The van der Waals surface area contributed by atoms with E-state index in [0.29, 0.717) is 12.0 Å². The van der Waals surface area contributed by atoms with E-state index >= 15 is 0 Å². The number of nitrogens with zero attached hydrogens (tertiary/aromatic N) is 2. The van der Waals surface area contributed by atoms with Gasteiger partial charge < -0.3 is 16.8 Å². The summed E-state index contributed by atoms with van der Waals surface area (Å²) < 4.78 is 0. The second kappa shape index (κ2) is 9.04. The van der Waals surface area contributed by atoms with Gasteiger partial charge in [-0.25, -0.2) is 0 Å². The summed E-state index contributed by atoms with van der Waals surface area (Å²) in [7, 11) is 0. The molecule has 0 bridgehead atoms. The number of hydrogen-bond donors (Lipinski definition) is 3. The lowest BCUT2D eigenvalue weighted by molar-refractivity contribution is 0.176. The number of anilines is 1. The molecule has 1 aromatic rings. The van der Waals surface area contributed by atoms with Gasteiger partial charge in [0.25, 0.3) is 0 Å². The van der Waals surface area contributed by atoms with Crippen molar-refractivity contribution in [2.75, 3.05) is 11.6 Å². The number of hydrazone groups is 1. The summed E-state index contributed by atoms with van der Waals surface area (Å²) in [6.45, 7) is 9.87. The third-order valence-electron chi connectivity index (χ3n) is 6.02. The van der Waals surface area contributed by atoms with Crippen molar-refractivity contribution < 1.29 is 0 Å². The molecule has 0 amide bonds. The maximum atomic E-state index is 6.38. The standard InChI is InChI=1S/C24H37N5/c1-5-20-15-18(16-24(3,4)28-20)14-19(25)7-10-23(26)22-9-8-21(13-17(22)2)29-12-6-11-27-29/h7-11,13,18,20,28H,5-6,12,14-16,25-26H2,1-4H3/b19-7-,23-10-. The number of nitrogens with two attached hydrogens (primary N) is 2. The van der Waals surface area contributed by atoms with Crippen molar-refractivity contribution in [1.82, 2.24) is 5.32 Å². The number of piperidine rings is 1. The molecule has 5 heteroatoms. The molecule has 0 aliphatic carbocycles. The number of benzene rings is 1. The molecule has 0 aromatic heterocycles. The molecule has 0 saturated carbocycles. The van der Waals surface area contributed by atoms with Crippen molar-refractivity contribution >= 4 is 17.6 Å². The Bertz CT molecular complexity index is 805. The van der Waals surface area contributed by atoms with Crippen molar-refractivity contribution in [2.24, 2.45) is 22.5 Å². The normalized spacial score (nSPS) is 24.9. The fourth-order valence-corrected chi connectivity index (χ4v) is 4.71. The third-order valence-corrected chi connectivity index (χ3v) is 6.02. The van der Waals surface area contributed by atoms with Crippen LogP contribution in [-0.4, -0.2) is 24.3 Å². The number of aryl methyl sites for hydroxylation is 1. The van der Waals surface area contributed by atoms with Crippen molar-refractivity contribution in [3.8, 4) is 0 Å². The Hall–Kier alpha value is -2.27. The van der Waals surface area contributed by atoms with Crippen molar-refractivity contribution in [1.29, 1.82) is 0 Å². The monoisotopic (exact) mass is 395 g/mol. The van der Waals surface area contributed by atoms with Crippen LogP contribution in [0.25, 0.3) is 5.70 Å². The molecular formula is C24H37N5. The van der Waals surface area contributed by atoms with Crippen LogP contribution >= 0.6 is 0 Å². The van der Waals surface area contributed by atoms with E-state index in [1.54, 1.807) is 0 Å². The minimum Gasteiger partial charge on any atom is -0.402 e. The zero-order valence-corrected chi connectivity index (χ0v) is 18.4. The molecule has 2 aliphatic heterocycles. The fraction of sp³-hybridized carbons (Fsp3) is 0.542. The summed E-state index contributed by atoms with van der Waals surface area (Å²) >= 11 is 0.